The maximum Gasteiger partial charge on any atom is 0.347 e. The molecule has 1 aromatic heterocycles. The molecule has 0 N–H and O–H groups in total. The predicted molar refractivity (Wildman–Crippen MR) is 177 cm³/mol. The summed E-state index contributed by atoms with van der Waals surface area (Å²) in [5.41, 5.74) is 2.24. The summed E-state index contributed by atoms with van der Waals surface area (Å²) in [7, 11) is 4.44. The molecular formula is C33H39BrClN3O5. The van der Waals surface area contributed by atoms with Crippen LogP contribution in [0.5, 0.6) is 11.5 Å². The molecule has 0 spiro atoms. The average molecular weight is 673 g/mol. The number of aryl methyl sites for hydroxylation is 1. The number of aromatic nitrogens is 2. The Morgan fingerprint density at radius 2 is 1.37 bits per heavy atom. The number of rotatable bonds is 9. The largest absolute Gasteiger partial charge is 0.497 e. The van der Waals surface area contributed by atoms with Crippen molar-refractivity contribution in [2.45, 2.75) is 47.7 Å². The van der Waals surface area contributed by atoms with Crippen molar-refractivity contribution in [1.29, 1.82) is 0 Å². The molecule has 0 aliphatic rings. The number of esters is 1. The van der Waals surface area contributed by atoms with E-state index in [1.165, 1.54) is 18.0 Å². The summed E-state index contributed by atoms with van der Waals surface area (Å²) in [4.78, 5) is 33.4. The Bertz CT molecular complexity index is 1470. The summed E-state index contributed by atoms with van der Waals surface area (Å²) in [5.74, 6) is 0.842. The average Bonchev–Trinajstić information content (AvgIpc) is 3.03. The lowest BCUT2D eigenvalue weighted by molar-refractivity contribution is 0.0598. The molecule has 0 aliphatic carbocycles. The molecule has 0 fully saturated rings. The monoisotopic (exact) mass is 671 g/mol. The standard InChI is InChI=1S/C29H27BrClN3O5.2C2H6/c1-18-13-21(30)14-24(31)26(18)34-17-32-27(25(28(34)35)29(36)39-4)33(15-19-5-9-22(37-2)10-6-19)16-20-7-11-23(38-3)12-8-20;2*1-2/h5-14,17H,15-16H2,1-4H3;2*1-2H3. The smallest absolute Gasteiger partial charge is 0.347 e. The topological polar surface area (TPSA) is 82.9 Å². The molecule has 3 aromatic carbocycles. The first-order chi connectivity index (χ1) is 20.7. The van der Waals surface area contributed by atoms with Crippen LogP contribution in [0.1, 0.15) is 54.7 Å². The minimum Gasteiger partial charge on any atom is -0.497 e. The highest BCUT2D eigenvalue weighted by atomic mass is 79.9. The van der Waals surface area contributed by atoms with E-state index in [9.17, 15) is 9.59 Å². The summed E-state index contributed by atoms with van der Waals surface area (Å²) < 4.78 is 17.7. The first-order valence-corrected chi connectivity index (χ1v) is 15.1. The van der Waals surface area contributed by atoms with Gasteiger partial charge in [0.05, 0.1) is 32.0 Å². The van der Waals surface area contributed by atoms with Gasteiger partial charge < -0.3 is 19.1 Å². The van der Waals surface area contributed by atoms with Gasteiger partial charge in [-0.3, -0.25) is 9.36 Å². The van der Waals surface area contributed by atoms with Gasteiger partial charge >= 0.3 is 5.97 Å². The van der Waals surface area contributed by atoms with Gasteiger partial charge in [0.25, 0.3) is 5.56 Å². The lowest BCUT2D eigenvalue weighted by Gasteiger charge is -2.26. The third-order valence-electron chi connectivity index (χ3n) is 6.17. The number of anilines is 1. The molecule has 43 heavy (non-hydrogen) atoms. The fourth-order valence-corrected chi connectivity index (χ4v) is 5.29. The van der Waals surface area contributed by atoms with Crippen molar-refractivity contribution in [2.75, 3.05) is 26.2 Å². The van der Waals surface area contributed by atoms with E-state index < -0.39 is 11.5 Å². The van der Waals surface area contributed by atoms with Crippen LogP contribution in [0.3, 0.4) is 0 Å². The van der Waals surface area contributed by atoms with Crippen molar-refractivity contribution in [3.05, 3.63) is 109 Å². The van der Waals surface area contributed by atoms with Crippen molar-refractivity contribution < 1.29 is 19.0 Å². The number of halogens is 2. The van der Waals surface area contributed by atoms with Gasteiger partial charge in [-0.05, 0) is 60.0 Å². The lowest BCUT2D eigenvalue weighted by atomic mass is 10.1. The number of methoxy groups -OCH3 is 3. The Morgan fingerprint density at radius 3 is 1.79 bits per heavy atom. The molecule has 0 aliphatic heterocycles. The summed E-state index contributed by atoms with van der Waals surface area (Å²) >= 11 is 9.92. The Balaban J connectivity index is 0.00000155. The SMILES string of the molecule is CC.CC.COC(=O)c1c(N(Cc2ccc(OC)cc2)Cc2ccc(OC)cc2)ncn(-c2c(C)cc(Br)cc2Cl)c1=O. The summed E-state index contributed by atoms with van der Waals surface area (Å²) in [6, 6.07) is 18.6. The number of carbonyl (C=O) groups is 1. The van der Waals surface area contributed by atoms with Crippen LogP contribution >= 0.6 is 27.5 Å². The van der Waals surface area contributed by atoms with Crippen LogP contribution in [-0.4, -0.2) is 36.8 Å². The predicted octanol–water partition coefficient (Wildman–Crippen LogP) is 8.02. The van der Waals surface area contributed by atoms with Crippen LogP contribution in [0, 0.1) is 6.92 Å². The van der Waals surface area contributed by atoms with Crippen LogP contribution in [0.4, 0.5) is 5.82 Å². The molecule has 0 saturated carbocycles. The number of ether oxygens (including phenoxy) is 3. The molecule has 0 amide bonds. The Hall–Kier alpha value is -3.82. The molecule has 0 bridgehead atoms. The van der Waals surface area contributed by atoms with Crippen LogP contribution in [-0.2, 0) is 17.8 Å². The van der Waals surface area contributed by atoms with Crippen molar-refractivity contribution in [1.82, 2.24) is 9.55 Å². The molecule has 0 saturated heterocycles. The van der Waals surface area contributed by atoms with Crippen LogP contribution in [0.2, 0.25) is 5.02 Å². The maximum absolute atomic E-state index is 13.8. The van der Waals surface area contributed by atoms with Gasteiger partial charge in [0.15, 0.2) is 11.4 Å². The van der Waals surface area contributed by atoms with Gasteiger partial charge in [0, 0.05) is 17.6 Å². The highest BCUT2D eigenvalue weighted by Gasteiger charge is 2.26. The fraction of sp³-hybridized carbons (Fsp3) is 0.303. The minimum absolute atomic E-state index is 0.194. The van der Waals surface area contributed by atoms with Gasteiger partial charge in [-0.1, -0.05) is 79.5 Å². The summed E-state index contributed by atoms with van der Waals surface area (Å²) in [6.45, 7) is 10.5. The zero-order chi connectivity index (χ0) is 32.1. The Kier molecular flexibility index (Phi) is 14.3. The second-order valence-electron chi connectivity index (χ2n) is 8.72. The van der Waals surface area contributed by atoms with E-state index in [0.717, 1.165) is 32.7 Å². The molecular weight excluding hydrogens is 634 g/mol. The van der Waals surface area contributed by atoms with Gasteiger partial charge in [-0.15, -0.1) is 0 Å². The van der Waals surface area contributed by atoms with E-state index in [1.54, 1.807) is 20.3 Å². The Morgan fingerprint density at radius 1 is 0.884 bits per heavy atom. The maximum atomic E-state index is 13.8. The third kappa shape index (κ3) is 8.84. The molecule has 0 unspecified atom stereocenters. The van der Waals surface area contributed by atoms with E-state index in [4.69, 9.17) is 25.8 Å². The second kappa shape index (κ2) is 17.3. The zero-order valence-corrected chi connectivity index (χ0v) is 28.2. The van der Waals surface area contributed by atoms with Crippen molar-refractivity contribution in [3.63, 3.8) is 0 Å². The summed E-state index contributed by atoms with van der Waals surface area (Å²) in [5, 5.41) is 0.336. The quantitative estimate of drug-likeness (QED) is 0.167. The van der Waals surface area contributed by atoms with E-state index in [1.807, 2.05) is 94.1 Å². The van der Waals surface area contributed by atoms with Gasteiger partial charge in [0.1, 0.15) is 17.8 Å². The number of carbonyl (C=O) groups excluding carboxylic acids is 1. The highest BCUT2D eigenvalue weighted by Crippen LogP contribution is 2.29. The third-order valence-corrected chi connectivity index (χ3v) is 6.91. The lowest BCUT2D eigenvalue weighted by Crippen LogP contribution is -2.33. The fourth-order valence-electron chi connectivity index (χ4n) is 4.23. The number of benzene rings is 3. The van der Waals surface area contributed by atoms with Crippen LogP contribution < -0.4 is 19.9 Å². The van der Waals surface area contributed by atoms with Gasteiger partial charge in [0.2, 0.25) is 0 Å². The van der Waals surface area contributed by atoms with Crippen LogP contribution in [0.25, 0.3) is 5.69 Å². The molecule has 0 atom stereocenters. The molecule has 1 heterocycles. The van der Waals surface area contributed by atoms with E-state index >= 15 is 0 Å². The minimum atomic E-state index is -0.794. The van der Waals surface area contributed by atoms with Gasteiger partial charge in [-0.2, -0.15) is 0 Å². The number of nitrogens with zero attached hydrogens (tertiary/aromatic N) is 3. The van der Waals surface area contributed by atoms with E-state index in [-0.39, 0.29) is 11.4 Å². The molecule has 0 radical (unpaired) electrons. The molecule has 230 valence electrons. The molecule has 4 aromatic rings. The first kappa shape index (κ1) is 35.4. The highest BCUT2D eigenvalue weighted by molar-refractivity contribution is 9.10. The van der Waals surface area contributed by atoms with Crippen molar-refractivity contribution in [3.8, 4) is 17.2 Å². The van der Waals surface area contributed by atoms with Crippen molar-refractivity contribution >= 4 is 39.3 Å². The normalized spacial score (nSPS) is 10.0. The zero-order valence-electron chi connectivity index (χ0n) is 25.9. The number of hydrogen-bond donors (Lipinski definition) is 0. The number of hydrogen-bond acceptors (Lipinski definition) is 7. The van der Waals surface area contributed by atoms with Crippen LogP contribution in [0.15, 0.2) is 76.3 Å². The van der Waals surface area contributed by atoms with Gasteiger partial charge in [-0.25, -0.2) is 9.78 Å². The summed E-state index contributed by atoms with van der Waals surface area (Å²) in [6.07, 6.45) is 1.39. The molecule has 4 rings (SSSR count). The van der Waals surface area contributed by atoms with Crippen molar-refractivity contribution in [2.24, 2.45) is 0 Å². The van der Waals surface area contributed by atoms with E-state index in [0.29, 0.717) is 23.8 Å². The first-order valence-electron chi connectivity index (χ1n) is 13.9. The second-order valence-corrected chi connectivity index (χ2v) is 10.0. The Labute approximate surface area is 267 Å². The molecule has 10 heteroatoms. The molecule has 8 nitrogen and oxygen atoms in total. The van der Waals surface area contributed by atoms with E-state index in [2.05, 4.69) is 20.9 Å².